The number of aromatic amines is 1. The Hall–Kier alpha value is -1.88. The molecule has 20 heavy (non-hydrogen) atoms. The van der Waals surface area contributed by atoms with E-state index in [1.54, 1.807) is 0 Å². The second kappa shape index (κ2) is 4.06. The topological polar surface area (TPSA) is 67.0 Å². The molecule has 2 heterocycles. The average Bonchev–Trinajstić information content (AvgIpc) is 2.84. The summed E-state index contributed by atoms with van der Waals surface area (Å²) in [6.45, 7) is 2.73. The number of aryl methyl sites for hydroxylation is 1. The van der Waals surface area contributed by atoms with Crippen LogP contribution in [0.3, 0.4) is 0 Å². The lowest BCUT2D eigenvalue weighted by molar-refractivity contribution is -0.124. The normalized spacial score (nSPS) is 23.4. The number of rotatable bonds is 2. The second-order valence-electron chi connectivity index (χ2n) is 6.05. The Kier molecular flexibility index (Phi) is 2.41. The zero-order valence-corrected chi connectivity index (χ0v) is 11.4. The summed E-state index contributed by atoms with van der Waals surface area (Å²) >= 11 is 0. The predicted molar refractivity (Wildman–Crippen MR) is 75.5 cm³/mol. The molecule has 1 saturated carbocycles. The fraction of sp³-hybridized carbons (Fsp3) is 0.467. The number of carbonyl (C=O) groups excluding carboxylic acids is 1. The molecule has 1 spiro atoms. The van der Waals surface area contributed by atoms with Crippen molar-refractivity contribution in [1.29, 1.82) is 0 Å². The van der Waals surface area contributed by atoms with E-state index in [9.17, 15) is 4.79 Å². The fourth-order valence-corrected chi connectivity index (χ4v) is 2.91. The van der Waals surface area contributed by atoms with Crippen LogP contribution in [0.25, 0.3) is 11.0 Å². The number of carbonyl (C=O) groups is 1. The van der Waals surface area contributed by atoms with Gasteiger partial charge < -0.3 is 9.72 Å². The molecule has 0 bridgehead atoms. The van der Waals surface area contributed by atoms with Gasteiger partial charge in [-0.3, -0.25) is 10.1 Å². The van der Waals surface area contributed by atoms with Crippen molar-refractivity contribution >= 4 is 22.9 Å². The molecule has 4 rings (SSSR count). The van der Waals surface area contributed by atoms with Crippen molar-refractivity contribution in [2.75, 3.05) is 11.9 Å². The van der Waals surface area contributed by atoms with Gasteiger partial charge >= 0.3 is 0 Å². The van der Waals surface area contributed by atoms with Crippen LogP contribution < -0.4 is 5.32 Å². The van der Waals surface area contributed by atoms with E-state index in [0.29, 0.717) is 11.4 Å². The largest absolute Gasteiger partial charge is 0.368 e. The molecule has 1 atom stereocenters. The molecule has 2 fully saturated rings. The number of imidazole rings is 1. The monoisotopic (exact) mass is 271 g/mol. The molecule has 2 N–H and O–H groups in total. The minimum atomic E-state index is -0.327. The molecule has 1 saturated heterocycles. The highest BCUT2D eigenvalue weighted by Crippen LogP contribution is 2.53. The second-order valence-corrected chi connectivity index (χ2v) is 6.05. The minimum absolute atomic E-state index is 0.0921. The summed E-state index contributed by atoms with van der Waals surface area (Å²) in [5.74, 6) is 0.408. The molecule has 1 aliphatic heterocycles. The molecule has 1 unspecified atom stereocenters. The van der Waals surface area contributed by atoms with E-state index in [2.05, 4.69) is 15.3 Å². The third kappa shape index (κ3) is 1.89. The number of nitrogens with zero attached hydrogens (tertiary/aromatic N) is 1. The van der Waals surface area contributed by atoms with E-state index in [1.165, 1.54) is 12.8 Å². The van der Waals surface area contributed by atoms with Crippen LogP contribution in [-0.2, 0) is 9.53 Å². The summed E-state index contributed by atoms with van der Waals surface area (Å²) in [6, 6.07) is 5.93. The van der Waals surface area contributed by atoms with Crippen molar-refractivity contribution in [2.45, 2.75) is 32.3 Å². The van der Waals surface area contributed by atoms with Crippen molar-refractivity contribution < 1.29 is 9.53 Å². The summed E-state index contributed by atoms with van der Waals surface area (Å²) in [5, 5.41) is 2.84. The molecule has 5 heteroatoms. The summed E-state index contributed by atoms with van der Waals surface area (Å²) in [5.41, 5.74) is 3.24. The van der Waals surface area contributed by atoms with Gasteiger partial charge in [-0.1, -0.05) is 12.1 Å². The molecule has 1 aromatic heterocycles. The SMILES string of the molecule is Cc1cccc2[nH]c(NC(=O)C3CC4(CC4)CO3)nc12. The molecule has 104 valence electrons. The van der Waals surface area contributed by atoms with E-state index >= 15 is 0 Å². The van der Waals surface area contributed by atoms with E-state index in [4.69, 9.17) is 4.74 Å². The van der Waals surface area contributed by atoms with Crippen LogP contribution in [-0.4, -0.2) is 28.6 Å². The molecule has 0 radical (unpaired) electrons. The fourth-order valence-electron chi connectivity index (χ4n) is 2.91. The van der Waals surface area contributed by atoms with Crippen molar-refractivity contribution in [3.05, 3.63) is 23.8 Å². The van der Waals surface area contributed by atoms with Crippen molar-refractivity contribution in [1.82, 2.24) is 9.97 Å². The third-order valence-electron chi connectivity index (χ3n) is 4.41. The van der Waals surface area contributed by atoms with Gasteiger partial charge in [0.05, 0.1) is 17.6 Å². The number of hydrogen-bond acceptors (Lipinski definition) is 3. The van der Waals surface area contributed by atoms with E-state index in [1.807, 2.05) is 25.1 Å². The van der Waals surface area contributed by atoms with Crippen LogP contribution in [0.4, 0.5) is 5.95 Å². The molecule has 5 nitrogen and oxygen atoms in total. The highest BCUT2D eigenvalue weighted by molar-refractivity contribution is 5.94. The van der Waals surface area contributed by atoms with Gasteiger partial charge in [-0.2, -0.15) is 0 Å². The highest BCUT2D eigenvalue weighted by atomic mass is 16.5. The summed E-state index contributed by atoms with van der Waals surface area (Å²) in [4.78, 5) is 19.8. The van der Waals surface area contributed by atoms with Crippen molar-refractivity contribution in [3.8, 4) is 0 Å². The minimum Gasteiger partial charge on any atom is -0.368 e. The third-order valence-corrected chi connectivity index (χ3v) is 4.41. The van der Waals surface area contributed by atoms with Gasteiger partial charge in [0.1, 0.15) is 6.10 Å². The number of anilines is 1. The van der Waals surface area contributed by atoms with Crippen LogP contribution in [0.2, 0.25) is 0 Å². The lowest BCUT2D eigenvalue weighted by Crippen LogP contribution is -2.27. The molecule has 1 aromatic carbocycles. The Bertz CT molecular complexity index is 687. The van der Waals surface area contributed by atoms with Gasteiger partial charge in [0.15, 0.2) is 0 Å². The van der Waals surface area contributed by atoms with E-state index < -0.39 is 0 Å². The van der Waals surface area contributed by atoms with Crippen molar-refractivity contribution in [3.63, 3.8) is 0 Å². The first kappa shape index (κ1) is 11.9. The Morgan fingerprint density at radius 1 is 1.50 bits per heavy atom. The number of para-hydroxylation sites is 1. The standard InChI is InChI=1S/C15H17N3O2/c1-9-3-2-4-10-12(9)17-14(16-10)18-13(19)11-7-15(5-6-15)8-20-11/h2-4,11H,5-8H2,1H3,(H2,16,17,18,19). The van der Waals surface area contributed by atoms with Gasteiger partial charge in [-0.05, 0) is 43.2 Å². The van der Waals surface area contributed by atoms with Gasteiger partial charge in [0.25, 0.3) is 5.91 Å². The maximum atomic E-state index is 12.2. The number of H-pyrrole nitrogens is 1. The smallest absolute Gasteiger partial charge is 0.255 e. The van der Waals surface area contributed by atoms with Crippen LogP contribution in [0.15, 0.2) is 18.2 Å². The first-order valence-corrected chi connectivity index (χ1v) is 7.03. The highest BCUT2D eigenvalue weighted by Gasteiger charge is 2.51. The Labute approximate surface area is 116 Å². The Morgan fingerprint density at radius 2 is 2.35 bits per heavy atom. The zero-order valence-electron chi connectivity index (χ0n) is 11.4. The zero-order chi connectivity index (χ0) is 13.7. The number of ether oxygens (including phenoxy) is 1. The lowest BCUT2D eigenvalue weighted by Gasteiger charge is -2.08. The first-order valence-electron chi connectivity index (χ1n) is 7.03. The lowest BCUT2D eigenvalue weighted by atomic mass is 10.0. The van der Waals surface area contributed by atoms with Gasteiger partial charge in [0, 0.05) is 0 Å². The van der Waals surface area contributed by atoms with Gasteiger partial charge in [-0.25, -0.2) is 4.98 Å². The Balaban J connectivity index is 1.52. The van der Waals surface area contributed by atoms with Crippen molar-refractivity contribution in [2.24, 2.45) is 5.41 Å². The number of nitrogens with one attached hydrogen (secondary N) is 2. The first-order chi connectivity index (χ1) is 9.65. The maximum absolute atomic E-state index is 12.2. The summed E-state index contributed by atoms with van der Waals surface area (Å²) in [7, 11) is 0. The van der Waals surface area contributed by atoms with Crippen LogP contribution in [0.1, 0.15) is 24.8 Å². The Morgan fingerprint density at radius 3 is 3.05 bits per heavy atom. The molecule has 2 aliphatic rings. The predicted octanol–water partition coefficient (Wildman–Crippen LogP) is 2.38. The number of hydrogen-bond donors (Lipinski definition) is 2. The molecule has 1 amide bonds. The van der Waals surface area contributed by atoms with Crippen LogP contribution >= 0.6 is 0 Å². The summed E-state index contributed by atoms with van der Waals surface area (Å²) < 4.78 is 5.61. The quantitative estimate of drug-likeness (QED) is 0.881. The van der Waals surface area contributed by atoms with Gasteiger partial charge in [0.2, 0.25) is 5.95 Å². The van der Waals surface area contributed by atoms with Crippen LogP contribution in [0.5, 0.6) is 0 Å². The van der Waals surface area contributed by atoms with Crippen LogP contribution in [0, 0.1) is 12.3 Å². The number of aromatic nitrogens is 2. The average molecular weight is 271 g/mol. The molecule has 2 aromatic rings. The number of amides is 1. The summed E-state index contributed by atoms with van der Waals surface area (Å²) in [6.07, 6.45) is 2.91. The maximum Gasteiger partial charge on any atom is 0.255 e. The molecule has 1 aliphatic carbocycles. The number of fused-ring (bicyclic) bond motifs is 1. The molecular formula is C15H17N3O2. The van der Waals surface area contributed by atoms with E-state index in [0.717, 1.165) is 29.6 Å². The molecular weight excluding hydrogens is 254 g/mol. The number of benzene rings is 1. The van der Waals surface area contributed by atoms with E-state index in [-0.39, 0.29) is 12.0 Å². The van der Waals surface area contributed by atoms with Gasteiger partial charge in [-0.15, -0.1) is 0 Å².